The number of nitrogens with one attached hydrogen (secondary N) is 1. The molecule has 1 N–H and O–H groups in total. The van der Waals surface area contributed by atoms with Crippen LogP contribution in [0, 0.1) is 19.8 Å². The standard InChI is InChI=1S/C16H25N5OS/c1-6-7-15-18-19-16(23-15)17-14(22)8-13-11(4)20-21(12(13)5)9-10(2)3/h10H,6-9H2,1-5H3,(H,17,19,22). The third kappa shape index (κ3) is 4.60. The Morgan fingerprint density at radius 2 is 2.04 bits per heavy atom. The molecule has 0 aliphatic carbocycles. The summed E-state index contributed by atoms with van der Waals surface area (Å²) >= 11 is 1.44. The number of carbonyl (C=O) groups excluding carboxylic acids is 1. The smallest absolute Gasteiger partial charge is 0.230 e. The number of hydrogen-bond donors (Lipinski definition) is 1. The molecule has 2 heterocycles. The molecule has 0 unspecified atom stereocenters. The van der Waals surface area contributed by atoms with Crippen molar-refractivity contribution >= 4 is 22.4 Å². The maximum Gasteiger partial charge on any atom is 0.230 e. The Balaban J connectivity index is 2.03. The third-order valence-corrected chi connectivity index (χ3v) is 4.48. The first kappa shape index (κ1) is 17.6. The van der Waals surface area contributed by atoms with Gasteiger partial charge >= 0.3 is 0 Å². The number of anilines is 1. The fourth-order valence-electron chi connectivity index (χ4n) is 2.46. The van der Waals surface area contributed by atoms with E-state index in [1.54, 1.807) is 0 Å². The van der Waals surface area contributed by atoms with Crippen LogP contribution in [0.1, 0.15) is 49.2 Å². The average molecular weight is 335 g/mol. The van der Waals surface area contributed by atoms with E-state index in [0.717, 1.165) is 41.3 Å². The van der Waals surface area contributed by atoms with Gasteiger partial charge in [0.15, 0.2) is 0 Å². The molecular formula is C16H25N5OS. The summed E-state index contributed by atoms with van der Waals surface area (Å²) in [5.41, 5.74) is 2.99. The van der Waals surface area contributed by atoms with Gasteiger partial charge in [0.2, 0.25) is 11.0 Å². The normalized spacial score (nSPS) is 11.2. The van der Waals surface area contributed by atoms with Gasteiger partial charge in [-0.3, -0.25) is 9.48 Å². The van der Waals surface area contributed by atoms with Crippen LogP contribution in [0.2, 0.25) is 0 Å². The fraction of sp³-hybridized carbons (Fsp3) is 0.625. The van der Waals surface area contributed by atoms with Crippen LogP contribution in [0.5, 0.6) is 0 Å². The van der Waals surface area contributed by atoms with Gasteiger partial charge in [0.25, 0.3) is 0 Å². The molecule has 23 heavy (non-hydrogen) atoms. The minimum Gasteiger partial charge on any atom is -0.300 e. The van der Waals surface area contributed by atoms with Gasteiger partial charge in [0, 0.05) is 24.2 Å². The number of hydrogen-bond acceptors (Lipinski definition) is 5. The Morgan fingerprint density at radius 3 is 2.70 bits per heavy atom. The Hall–Kier alpha value is -1.76. The highest BCUT2D eigenvalue weighted by molar-refractivity contribution is 7.15. The van der Waals surface area contributed by atoms with Crippen LogP contribution in [0.4, 0.5) is 5.13 Å². The molecule has 126 valence electrons. The molecule has 0 aliphatic rings. The summed E-state index contributed by atoms with van der Waals surface area (Å²) in [6.45, 7) is 11.3. The van der Waals surface area contributed by atoms with Crippen molar-refractivity contribution in [2.75, 3.05) is 5.32 Å². The molecule has 0 saturated heterocycles. The highest BCUT2D eigenvalue weighted by Crippen LogP contribution is 2.19. The minimum absolute atomic E-state index is 0.0699. The largest absolute Gasteiger partial charge is 0.300 e. The maximum absolute atomic E-state index is 12.3. The number of aromatic nitrogens is 4. The third-order valence-electron chi connectivity index (χ3n) is 3.58. The Kier molecular flexibility index (Phi) is 5.87. The molecule has 0 saturated carbocycles. The zero-order valence-corrected chi connectivity index (χ0v) is 15.3. The second kappa shape index (κ2) is 7.68. The van der Waals surface area contributed by atoms with Crippen LogP contribution in [0.3, 0.4) is 0 Å². The second-order valence-electron chi connectivity index (χ2n) is 6.20. The lowest BCUT2D eigenvalue weighted by atomic mass is 10.1. The molecule has 0 fully saturated rings. The summed E-state index contributed by atoms with van der Waals surface area (Å²) < 4.78 is 1.99. The summed E-state index contributed by atoms with van der Waals surface area (Å²) in [5, 5.41) is 17.0. The van der Waals surface area contributed by atoms with Crippen LogP contribution >= 0.6 is 11.3 Å². The molecule has 1 amide bonds. The first-order chi connectivity index (χ1) is 10.9. The van der Waals surface area contributed by atoms with Gasteiger partial charge in [0.1, 0.15) is 5.01 Å². The summed E-state index contributed by atoms with van der Waals surface area (Å²) in [6, 6.07) is 0. The van der Waals surface area contributed by atoms with E-state index in [2.05, 4.69) is 41.4 Å². The zero-order chi connectivity index (χ0) is 17.0. The lowest BCUT2D eigenvalue weighted by Gasteiger charge is -2.08. The topological polar surface area (TPSA) is 72.7 Å². The number of rotatable bonds is 7. The van der Waals surface area contributed by atoms with Crippen LogP contribution in [-0.2, 0) is 24.2 Å². The molecule has 6 nitrogen and oxygen atoms in total. The van der Waals surface area contributed by atoms with Crippen molar-refractivity contribution in [2.45, 2.75) is 60.4 Å². The first-order valence-corrected chi connectivity index (χ1v) is 8.87. The molecule has 0 atom stereocenters. The molecule has 0 aliphatic heterocycles. The SMILES string of the molecule is CCCc1nnc(NC(=O)Cc2c(C)nn(CC(C)C)c2C)s1. The summed E-state index contributed by atoms with van der Waals surface area (Å²) in [5.74, 6) is 0.451. The molecule has 2 aromatic heterocycles. The van der Waals surface area contributed by atoms with E-state index >= 15 is 0 Å². The number of nitrogens with zero attached hydrogens (tertiary/aromatic N) is 4. The molecule has 0 aromatic carbocycles. The van der Waals surface area contributed by atoms with E-state index in [4.69, 9.17) is 0 Å². The van der Waals surface area contributed by atoms with Crippen LogP contribution in [-0.4, -0.2) is 25.9 Å². The van der Waals surface area contributed by atoms with Crippen molar-refractivity contribution in [3.05, 3.63) is 22.0 Å². The van der Waals surface area contributed by atoms with Gasteiger partial charge in [0.05, 0.1) is 12.1 Å². The fourth-order valence-corrected chi connectivity index (χ4v) is 3.31. The first-order valence-electron chi connectivity index (χ1n) is 8.05. The molecule has 7 heteroatoms. The van der Waals surface area contributed by atoms with Gasteiger partial charge < -0.3 is 5.32 Å². The second-order valence-corrected chi connectivity index (χ2v) is 7.26. The Bertz CT molecular complexity index is 674. The van der Waals surface area contributed by atoms with Gasteiger partial charge in [-0.25, -0.2) is 0 Å². The van der Waals surface area contributed by atoms with E-state index in [1.807, 2.05) is 18.5 Å². The van der Waals surface area contributed by atoms with Crippen LogP contribution in [0.25, 0.3) is 0 Å². The average Bonchev–Trinajstić information content (AvgIpc) is 2.99. The summed E-state index contributed by atoms with van der Waals surface area (Å²) in [7, 11) is 0. The predicted molar refractivity (Wildman–Crippen MR) is 92.8 cm³/mol. The molecule has 2 aromatic rings. The van der Waals surface area contributed by atoms with Gasteiger partial charge in [-0.05, 0) is 26.2 Å². The monoisotopic (exact) mass is 335 g/mol. The van der Waals surface area contributed by atoms with Crippen molar-refractivity contribution < 1.29 is 4.79 Å². The van der Waals surface area contributed by atoms with E-state index in [0.29, 0.717) is 17.5 Å². The van der Waals surface area contributed by atoms with Crippen molar-refractivity contribution in [2.24, 2.45) is 5.92 Å². The lowest BCUT2D eigenvalue weighted by molar-refractivity contribution is -0.115. The highest BCUT2D eigenvalue weighted by atomic mass is 32.1. The van der Waals surface area contributed by atoms with Gasteiger partial charge in [-0.1, -0.05) is 32.1 Å². The number of carbonyl (C=O) groups is 1. The van der Waals surface area contributed by atoms with E-state index < -0.39 is 0 Å². The van der Waals surface area contributed by atoms with Gasteiger partial charge in [-0.15, -0.1) is 10.2 Å². The predicted octanol–water partition coefficient (Wildman–Crippen LogP) is 3.14. The Labute approximate surface area is 141 Å². The molecular weight excluding hydrogens is 310 g/mol. The molecule has 0 spiro atoms. The van der Waals surface area contributed by atoms with Crippen molar-refractivity contribution in [3.8, 4) is 0 Å². The highest BCUT2D eigenvalue weighted by Gasteiger charge is 2.16. The maximum atomic E-state index is 12.3. The zero-order valence-electron chi connectivity index (χ0n) is 14.5. The summed E-state index contributed by atoms with van der Waals surface area (Å²) in [6.07, 6.45) is 2.24. The van der Waals surface area contributed by atoms with E-state index in [1.165, 1.54) is 11.3 Å². The van der Waals surface area contributed by atoms with Gasteiger partial charge in [-0.2, -0.15) is 5.10 Å². The summed E-state index contributed by atoms with van der Waals surface area (Å²) in [4.78, 5) is 12.3. The van der Waals surface area contributed by atoms with Crippen LogP contribution < -0.4 is 5.32 Å². The number of aryl methyl sites for hydroxylation is 2. The van der Waals surface area contributed by atoms with Crippen molar-refractivity contribution in [1.29, 1.82) is 0 Å². The van der Waals surface area contributed by atoms with Crippen molar-refractivity contribution in [3.63, 3.8) is 0 Å². The molecule has 2 rings (SSSR count). The molecule has 0 bridgehead atoms. The minimum atomic E-state index is -0.0699. The Morgan fingerprint density at radius 1 is 1.30 bits per heavy atom. The quantitative estimate of drug-likeness (QED) is 0.843. The lowest BCUT2D eigenvalue weighted by Crippen LogP contribution is -2.15. The molecule has 0 radical (unpaired) electrons. The van der Waals surface area contributed by atoms with Crippen molar-refractivity contribution in [1.82, 2.24) is 20.0 Å². The van der Waals surface area contributed by atoms with E-state index in [9.17, 15) is 4.79 Å². The number of amides is 1. The van der Waals surface area contributed by atoms with Crippen LogP contribution in [0.15, 0.2) is 0 Å². The van der Waals surface area contributed by atoms with E-state index in [-0.39, 0.29) is 5.91 Å².